The van der Waals surface area contributed by atoms with Crippen molar-refractivity contribution in [3.05, 3.63) is 17.0 Å². The molecule has 1 aliphatic rings. The summed E-state index contributed by atoms with van der Waals surface area (Å²) in [4.78, 5) is 3.37. The van der Waals surface area contributed by atoms with E-state index in [9.17, 15) is 8.42 Å². The third-order valence-corrected chi connectivity index (χ3v) is 7.09. The molecule has 0 radical (unpaired) electrons. The Morgan fingerprint density at radius 1 is 1.24 bits per heavy atom. The van der Waals surface area contributed by atoms with Gasteiger partial charge in [0.15, 0.2) is 0 Å². The zero-order valence-corrected chi connectivity index (χ0v) is 14.4. The summed E-state index contributed by atoms with van der Waals surface area (Å²) in [5.74, 6) is 0.615. The van der Waals surface area contributed by atoms with Crippen LogP contribution in [0.5, 0.6) is 0 Å². The molecular weight excluding hydrogens is 306 g/mol. The quantitative estimate of drug-likeness (QED) is 0.851. The SMILES string of the molecule is CC(C)CN1CCN(S(=O)(=O)c2ccc(CCN)s2)CC1. The number of piperazine rings is 1. The lowest BCUT2D eigenvalue weighted by molar-refractivity contribution is 0.172. The van der Waals surface area contributed by atoms with E-state index in [0.29, 0.717) is 29.8 Å². The first kappa shape index (κ1) is 16.9. The minimum Gasteiger partial charge on any atom is -0.330 e. The van der Waals surface area contributed by atoms with Gasteiger partial charge in [0.25, 0.3) is 10.0 Å². The van der Waals surface area contributed by atoms with Crippen LogP contribution in [0.15, 0.2) is 16.3 Å². The van der Waals surface area contributed by atoms with E-state index in [1.807, 2.05) is 6.07 Å². The van der Waals surface area contributed by atoms with Gasteiger partial charge in [0, 0.05) is 37.6 Å². The molecular formula is C14H25N3O2S2. The van der Waals surface area contributed by atoms with Crippen molar-refractivity contribution < 1.29 is 8.42 Å². The van der Waals surface area contributed by atoms with Crippen LogP contribution in [0.2, 0.25) is 0 Å². The first-order valence-electron chi connectivity index (χ1n) is 7.44. The van der Waals surface area contributed by atoms with E-state index < -0.39 is 10.0 Å². The zero-order chi connectivity index (χ0) is 15.5. The van der Waals surface area contributed by atoms with Crippen LogP contribution in [0.25, 0.3) is 0 Å². The van der Waals surface area contributed by atoms with Gasteiger partial charge in [0.05, 0.1) is 0 Å². The maximum atomic E-state index is 12.6. The Morgan fingerprint density at radius 2 is 1.90 bits per heavy atom. The van der Waals surface area contributed by atoms with Gasteiger partial charge in [-0.1, -0.05) is 13.8 Å². The smallest absolute Gasteiger partial charge is 0.252 e. The topological polar surface area (TPSA) is 66.6 Å². The molecule has 0 aromatic carbocycles. The number of rotatable bonds is 6. The summed E-state index contributed by atoms with van der Waals surface area (Å²) < 4.78 is 27.3. The molecule has 0 saturated carbocycles. The van der Waals surface area contributed by atoms with Crippen LogP contribution >= 0.6 is 11.3 Å². The predicted molar refractivity (Wildman–Crippen MR) is 87.1 cm³/mol. The van der Waals surface area contributed by atoms with Crippen LogP contribution in [0.3, 0.4) is 0 Å². The lowest BCUT2D eigenvalue weighted by Crippen LogP contribution is -2.49. The normalized spacial score (nSPS) is 18.5. The van der Waals surface area contributed by atoms with E-state index in [1.165, 1.54) is 11.3 Å². The molecule has 0 spiro atoms. The highest BCUT2D eigenvalue weighted by molar-refractivity contribution is 7.91. The number of nitrogens with zero attached hydrogens (tertiary/aromatic N) is 2. The molecule has 1 aliphatic heterocycles. The second kappa shape index (κ2) is 7.19. The molecule has 1 aromatic heterocycles. The molecule has 7 heteroatoms. The Bertz CT molecular complexity index is 546. The molecule has 0 aliphatic carbocycles. The first-order chi connectivity index (χ1) is 9.93. The largest absolute Gasteiger partial charge is 0.330 e. The summed E-state index contributed by atoms with van der Waals surface area (Å²) in [6.07, 6.45) is 0.738. The van der Waals surface area contributed by atoms with Crippen molar-refractivity contribution in [2.24, 2.45) is 11.7 Å². The van der Waals surface area contributed by atoms with E-state index in [1.54, 1.807) is 10.4 Å². The number of hydrogen-bond acceptors (Lipinski definition) is 5. The van der Waals surface area contributed by atoms with Crippen molar-refractivity contribution in [3.63, 3.8) is 0 Å². The van der Waals surface area contributed by atoms with Crippen LogP contribution in [0.4, 0.5) is 0 Å². The van der Waals surface area contributed by atoms with Gasteiger partial charge >= 0.3 is 0 Å². The maximum Gasteiger partial charge on any atom is 0.252 e. The minimum absolute atomic E-state index is 0.447. The monoisotopic (exact) mass is 331 g/mol. The zero-order valence-electron chi connectivity index (χ0n) is 12.8. The van der Waals surface area contributed by atoms with Crippen molar-refractivity contribution in [2.45, 2.75) is 24.5 Å². The Labute approximate surface area is 131 Å². The highest BCUT2D eigenvalue weighted by Gasteiger charge is 2.29. The van der Waals surface area contributed by atoms with Gasteiger partial charge in [-0.2, -0.15) is 4.31 Å². The lowest BCUT2D eigenvalue weighted by atomic mass is 10.2. The van der Waals surface area contributed by atoms with Crippen LogP contribution in [0, 0.1) is 5.92 Å². The van der Waals surface area contributed by atoms with Crippen molar-refractivity contribution in [1.82, 2.24) is 9.21 Å². The number of sulfonamides is 1. The van der Waals surface area contributed by atoms with Crippen molar-refractivity contribution >= 4 is 21.4 Å². The first-order valence-corrected chi connectivity index (χ1v) is 9.70. The van der Waals surface area contributed by atoms with Gasteiger partial charge in [-0.05, 0) is 31.0 Å². The van der Waals surface area contributed by atoms with Gasteiger partial charge in [0.1, 0.15) is 4.21 Å². The molecule has 0 bridgehead atoms. The molecule has 0 amide bonds. The summed E-state index contributed by atoms with van der Waals surface area (Å²) >= 11 is 1.35. The Balaban J connectivity index is 2.00. The summed E-state index contributed by atoms with van der Waals surface area (Å²) in [5, 5.41) is 0. The van der Waals surface area contributed by atoms with Gasteiger partial charge in [0.2, 0.25) is 0 Å². The summed E-state index contributed by atoms with van der Waals surface area (Å²) in [6.45, 7) is 8.76. The molecule has 2 rings (SSSR count). The van der Waals surface area contributed by atoms with Crippen molar-refractivity contribution in [1.29, 1.82) is 0 Å². The molecule has 0 unspecified atom stereocenters. The number of hydrogen-bond donors (Lipinski definition) is 1. The fourth-order valence-electron chi connectivity index (χ4n) is 2.57. The highest BCUT2D eigenvalue weighted by Crippen LogP contribution is 2.26. The maximum absolute atomic E-state index is 12.6. The molecule has 5 nitrogen and oxygen atoms in total. The molecule has 120 valence electrons. The summed E-state index contributed by atoms with van der Waals surface area (Å²) in [5.41, 5.74) is 5.52. The molecule has 0 atom stereocenters. The minimum atomic E-state index is -3.33. The van der Waals surface area contributed by atoms with E-state index in [-0.39, 0.29) is 0 Å². The van der Waals surface area contributed by atoms with Gasteiger partial charge < -0.3 is 10.6 Å². The van der Waals surface area contributed by atoms with Crippen LogP contribution < -0.4 is 5.73 Å². The van der Waals surface area contributed by atoms with Crippen molar-refractivity contribution in [2.75, 3.05) is 39.3 Å². The van der Waals surface area contributed by atoms with Crippen LogP contribution in [-0.4, -0.2) is 56.9 Å². The Kier molecular flexibility index (Phi) is 5.79. The Hall–Kier alpha value is -0.470. The second-order valence-corrected chi connectivity index (χ2v) is 9.19. The number of thiophene rings is 1. The third kappa shape index (κ3) is 4.26. The van der Waals surface area contributed by atoms with Gasteiger partial charge in [-0.25, -0.2) is 8.42 Å². The Morgan fingerprint density at radius 3 is 2.48 bits per heavy atom. The van der Waals surface area contributed by atoms with E-state index in [4.69, 9.17) is 5.73 Å². The number of nitrogens with two attached hydrogens (primary N) is 1. The fourth-order valence-corrected chi connectivity index (χ4v) is 5.52. The van der Waals surface area contributed by atoms with Crippen molar-refractivity contribution in [3.8, 4) is 0 Å². The molecule has 2 heterocycles. The summed E-state index contributed by atoms with van der Waals surface area (Å²) in [6, 6.07) is 3.59. The standard InChI is InChI=1S/C14H25N3O2S2/c1-12(2)11-16-7-9-17(10-8-16)21(18,19)14-4-3-13(20-14)5-6-15/h3-4,12H,5-11,15H2,1-2H3. The fraction of sp³-hybridized carbons (Fsp3) is 0.714. The van der Waals surface area contributed by atoms with E-state index >= 15 is 0 Å². The predicted octanol–water partition coefficient (Wildman–Crippen LogP) is 1.21. The van der Waals surface area contributed by atoms with Crippen LogP contribution in [0.1, 0.15) is 18.7 Å². The second-order valence-electron chi connectivity index (χ2n) is 5.86. The average Bonchev–Trinajstić information content (AvgIpc) is 2.88. The van der Waals surface area contributed by atoms with Gasteiger partial charge in [-0.3, -0.25) is 0 Å². The lowest BCUT2D eigenvalue weighted by Gasteiger charge is -2.34. The molecule has 1 aromatic rings. The summed E-state index contributed by atoms with van der Waals surface area (Å²) in [7, 11) is -3.33. The van der Waals surface area contributed by atoms with Gasteiger partial charge in [-0.15, -0.1) is 11.3 Å². The molecule has 21 heavy (non-hydrogen) atoms. The molecule has 2 N–H and O–H groups in total. The van der Waals surface area contributed by atoms with E-state index in [2.05, 4.69) is 18.7 Å². The van der Waals surface area contributed by atoms with E-state index in [0.717, 1.165) is 30.9 Å². The molecule has 1 fully saturated rings. The third-order valence-electron chi connectivity index (χ3n) is 3.58. The average molecular weight is 332 g/mol. The highest BCUT2D eigenvalue weighted by atomic mass is 32.2. The van der Waals surface area contributed by atoms with Crippen LogP contribution in [-0.2, 0) is 16.4 Å². The molecule has 1 saturated heterocycles.